The predicted molar refractivity (Wildman–Crippen MR) is 103 cm³/mol. The van der Waals surface area contributed by atoms with Crippen LogP contribution in [0, 0.1) is 17.3 Å². The number of hydrogen-bond donors (Lipinski definition) is 3. The number of rotatable bonds is 4. The zero-order valence-electron chi connectivity index (χ0n) is 16.8. The van der Waals surface area contributed by atoms with Crippen molar-refractivity contribution >= 4 is 0 Å². The molecule has 0 spiro atoms. The molecule has 26 heavy (non-hydrogen) atoms. The van der Waals surface area contributed by atoms with Crippen molar-refractivity contribution in [3.63, 3.8) is 0 Å². The first-order chi connectivity index (χ1) is 12.2. The second-order valence-corrected chi connectivity index (χ2v) is 9.52. The zero-order valence-corrected chi connectivity index (χ0v) is 16.8. The Balaban J connectivity index is 2.27. The highest BCUT2D eigenvalue weighted by atomic mass is 17.1. The smallest absolute Gasteiger partial charge is 0.161 e. The second-order valence-electron chi connectivity index (χ2n) is 9.52. The van der Waals surface area contributed by atoms with Crippen LogP contribution in [0.2, 0.25) is 0 Å². The van der Waals surface area contributed by atoms with Gasteiger partial charge in [0.25, 0.3) is 0 Å². The van der Waals surface area contributed by atoms with Crippen molar-refractivity contribution in [1.82, 2.24) is 0 Å². The summed E-state index contributed by atoms with van der Waals surface area (Å²) in [6, 6.07) is 2.10. The predicted octanol–water partition coefficient (Wildman–Crippen LogP) is 5.36. The van der Waals surface area contributed by atoms with Gasteiger partial charge in [-0.2, -0.15) is 0 Å². The maximum Gasteiger partial charge on any atom is 0.161 e. The van der Waals surface area contributed by atoms with E-state index in [9.17, 15) is 10.2 Å². The van der Waals surface area contributed by atoms with E-state index in [0.29, 0.717) is 5.92 Å². The minimum Gasteiger partial charge on any atom is -0.504 e. The number of fused-ring (bicyclic) bond motifs is 3. The summed E-state index contributed by atoms with van der Waals surface area (Å²) in [5.41, 5.74) is 2.75. The Bertz CT molecular complexity index is 679. The van der Waals surface area contributed by atoms with E-state index in [2.05, 4.69) is 31.7 Å². The lowest BCUT2D eigenvalue weighted by molar-refractivity contribution is -0.257. The fraction of sp³-hybridized carbons (Fsp3) is 0.727. The van der Waals surface area contributed by atoms with Crippen LogP contribution in [0.1, 0.15) is 82.9 Å². The molecule has 0 saturated heterocycles. The molecule has 2 unspecified atom stereocenters. The van der Waals surface area contributed by atoms with Crippen LogP contribution in [-0.4, -0.2) is 22.1 Å². The van der Waals surface area contributed by atoms with Gasteiger partial charge in [-0.05, 0) is 54.4 Å². The summed E-state index contributed by atoms with van der Waals surface area (Å²) in [5, 5.41) is 31.0. The highest BCUT2D eigenvalue weighted by Crippen LogP contribution is 2.63. The van der Waals surface area contributed by atoms with Gasteiger partial charge in [-0.3, -0.25) is 5.26 Å². The molecule has 3 N–H and O–H groups in total. The third-order valence-corrected chi connectivity index (χ3v) is 7.36. The Kier molecular flexibility index (Phi) is 5.04. The number of hydrogen-bond acceptors (Lipinski definition) is 4. The summed E-state index contributed by atoms with van der Waals surface area (Å²) in [6.45, 7) is 11.1. The van der Waals surface area contributed by atoms with Gasteiger partial charge >= 0.3 is 0 Å². The van der Waals surface area contributed by atoms with Gasteiger partial charge in [0.2, 0.25) is 0 Å². The molecule has 1 aromatic carbocycles. The molecule has 0 heterocycles. The van der Waals surface area contributed by atoms with Crippen molar-refractivity contribution in [2.75, 3.05) is 6.61 Å². The molecule has 0 amide bonds. The molecule has 0 radical (unpaired) electrons. The van der Waals surface area contributed by atoms with Crippen LogP contribution in [0.3, 0.4) is 0 Å². The molecule has 1 saturated carbocycles. The summed E-state index contributed by atoms with van der Waals surface area (Å²) >= 11 is 0. The van der Waals surface area contributed by atoms with Gasteiger partial charge in [-0.1, -0.05) is 47.1 Å². The Morgan fingerprint density at radius 1 is 1.15 bits per heavy atom. The van der Waals surface area contributed by atoms with Crippen LogP contribution in [0.15, 0.2) is 6.07 Å². The van der Waals surface area contributed by atoms with Crippen LogP contribution >= 0.6 is 0 Å². The van der Waals surface area contributed by atoms with Crippen LogP contribution in [0.25, 0.3) is 0 Å². The lowest BCUT2D eigenvalue weighted by Gasteiger charge is -2.58. The second kappa shape index (κ2) is 6.72. The number of aryl methyl sites for hydroxylation is 1. The van der Waals surface area contributed by atoms with Crippen LogP contribution in [0.5, 0.6) is 11.5 Å². The molecular formula is C22H34O4. The van der Waals surface area contributed by atoms with Gasteiger partial charge in [-0.15, -0.1) is 0 Å². The minimum atomic E-state index is -0.283. The van der Waals surface area contributed by atoms with Crippen molar-refractivity contribution in [3.8, 4) is 11.5 Å². The number of phenols is 2. The topological polar surface area (TPSA) is 69.9 Å². The SMILES string of the molecule is CC(C)c1cc2c(c(O)c1O)C1([C@H](C)COO)CCCC(C)(C)C1CC2. The van der Waals surface area contributed by atoms with Gasteiger partial charge in [0, 0.05) is 16.5 Å². The average molecular weight is 363 g/mol. The normalized spacial score (nSPS) is 28.5. The van der Waals surface area contributed by atoms with Crippen molar-refractivity contribution in [2.45, 2.75) is 78.1 Å². The maximum atomic E-state index is 11.1. The van der Waals surface area contributed by atoms with Crippen molar-refractivity contribution < 1.29 is 20.4 Å². The third kappa shape index (κ3) is 2.73. The van der Waals surface area contributed by atoms with Crippen molar-refractivity contribution in [1.29, 1.82) is 0 Å². The standard InChI is InChI=1S/C22H34O4/c1-13(2)16-11-15-7-8-17-21(4,5)9-6-10-22(17,14(3)12-26-25)18(15)20(24)19(16)23/h11,13-14,17,23-25H,6-10,12H2,1-5H3/t14-,17?,22?/m1/s1. The van der Waals surface area contributed by atoms with E-state index < -0.39 is 0 Å². The van der Waals surface area contributed by atoms with E-state index in [0.717, 1.165) is 48.8 Å². The third-order valence-electron chi connectivity index (χ3n) is 7.36. The fourth-order valence-electron chi connectivity index (χ4n) is 6.12. The Morgan fingerprint density at radius 3 is 2.46 bits per heavy atom. The van der Waals surface area contributed by atoms with Crippen molar-refractivity contribution in [2.24, 2.45) is 17.3 Å². The molecule has 2 aliphatic carbocycles. The van der Waals surface area contributed by atoms with Gasteiger partial charge < -0.3 is 10.2 Å². The summed E-state index contributed by atoms with van der Waals surface area (Å²) in [7, 11) is 0. The molecule has 0 aromatic heterocycles. The molecular weight excluding hydrogens is 328 g/mol. The monoisotopic (exact) mass is 362 g/mol. The molecule has 1 fully saturated rings. The Labute approximate surface area is 157 Å². The van der Waals surface area contributed by atoms with E-state index in [1.165, 1.54) is 0 Å². The van der Waals surface area contributed by atoms with Gasteiger partial charge in [0.15, 0.2) is 11.5 Å². The highest BCUT2D eigenvalue weighted by molar-refractivity contribution is 5.59. The molecule has 146 valence electrons. The summed E-state index contributed by atoms with van der Waals surface area (Å²) in [4.78, 5) is 4.57. The van der Waals surface area contributed by atoms with Gasteiger partial charge in [0.05, 0.1) is 6.61 Å². The quantitative estimate of drug-likeness (QED) is 0.383. The maximum absolute atomic E-state index is 11.1. The average Bonchev–Trinajstić information content (AvgIpc) is 2.56. The van der Waals surface area contributed by atoms with Gasteiger partial charge in [0.1, 0.15) is 0 Å². The lowest BCUT2D eigenvalue weighted by Crippen LogP contribution is -2.54. The molecule has 3 rings (SSSR count). The lowest BCUT2D eigenvalue weighted by atomic mass is 9.46. The first-order valence-electron chi connectivity index (χ1n) is 10.0. The van der Waals surface area contributed by atoms with E-state index in [-0.39, 0.29) is 40.8 Å². The summed E-state index contributed by atoms with van der Waals surface area (Å²) in [5.74, 6) is 0.668. The first-order valence-corrected chi connectivity index (χ1v) is 10.0. The molecule has 3 atom stereocenters. The summed E-state index contributed by atoms with van der Waals surface area (Å²) in [6.07, 6.45) is 5.18. The van der Waals surface area contributed by atoms with Crippen LogP contribution in [-0.2, 0) is 16.7 Å². The van der Waals surface area contributed by atoms with Gasteiger partial charge in [-0.25, -0.2) is 4.89 Å². The van der Waals surface area contributed by atoms with E-state index >= 15 is 0 Å². The first kappa shape index (κ1) is 19.5. The minimum absolute atomic E-state index is 0.0271. The molecule has 2 aliphatic rings. The number of aromatic hydroxyl groups is 2. The Morgan fingerprint density at radius 2 is 1.85 bits per heavy atom. The largest absolute Gasteiger partial charge is 0.504 e. The molecule has 4 nitrogen and oxygen atoms in total. The number of phenolic OH excluding ortho intramolecular Hbond substituents is 2. The summed E-state index contributed by atoms with van der Waals surface area (Å²) < 4.78 is 0. The van der Waals surface area contributed by atoms with Crippen LogP contribution < -0.4 is 0 Å². The highest BCUT2D eigenvalue weighted by Gasteiger charge is 2.56. The fourth-order valence-corrected chi connectivity index (χ4v) is 6.12. The van der Waals surface area contributed by atoms with E-state index in [1.54, 1.807) is 0 Å². The molecule has 0 bridgehead atoms. The molecule has 0 aliphatic heterocycles. The van der Waals surface area contributed by atoms with Crippen molar-refractivity contribution in [3.05, 3.63) is 22.8 Å². The van der Waals surface area contributed by atoms with Crippen LogP contribution in [0.4, 0.5) is 0 Å². The molecule has 4 heteroatoms. The number of benzene rings is 1. The Hall–Kier alpha value is -1.26. The van der Waals surface area contributed by atoms with E-state index in [4.69, 9.17) is 5.26 Å². The zero-order chi connectivity index (χ0) is 19.3. The van der Waals surface area contributed by atoms with E-state index in [1.807, 2.05) is 13.8 Å². The molecule has 1 aromatic rings.